The summed E-state index contributed by atoms with van der Waals surface area (Å²) in [4.78, 5) is 14.2. The van der Waals surface area contributed by atoms with E-state index in [4.69, 9.17) is 4.74 Å². The highest BCUT2D eigenvalue weighted by molar-refractivity contribution is 9.10. The molecule has 19 heavy (non-hydrogen) atoms. The van der Waals surface area contributed by atoms with Gasteiger partial charge in [-0.05, 0) is 47.5 Å². The monoisotopic (exact) mass is 329 g/mol. The molecule has 0 spiro atoms. The average Bonchev–Trinajstić information content (AvgIpc) is 2.91. The van der Waals surface area contributed by atoms with Crippen molar-refractivity contribution in [2.45, 2.75) is 13.3 Å². The lowest BCUT2D eigenvalue weighted by molar-refractivity contribution is 0.0729. The topological polar surface area (TPSA) is 29.5 Å². The van der Waals surface area contributed by atoms with Gasteiger partial charge < -0.3 is 9.64 Å². The number of rotatable bonds is 4. The van der Waals surface area contributed by atoms with Crippen LogP contribution in [0.1, 0.15) is 23.7 Å². The molecule has 1 heterocycles. The van der Waals surface area contributed by atoms with Crippen molar-refractivity contribution in [2.24, 2.45) is 5.92 Å². The highest BCUT2D eigenvalue weighted by atomic mass is 79.9. The van der Waals surface area contributed by atoms with E-state index in [0.717, 1.165) is 13.0 Å². The highest BCUT2D eigenvalue weighted by Gasteiger charge is 2.23. The summed E-state index contributed by atoms with van der Waals surface area (Å²) in [6.45, 7) is 4.67. The molecule has 0 N–H and O–H groups in total. The van der Waals surface area contributed by atoms with E-state index in [1.165, 1.54) is 12.1 Å². The average molecular weight is 330 g/mol. The van der Waals surface area contributed by atoms with Gasteiger partial charge >= 0.3 is 0 Å². The Morgan fingerprint density at radius 3 is 3.00 bits per heavy atom. The van der Waals surface area contributed by atoms with E-state index in [1.54, 1.807) is 11.0 Å². The quantitative estimate of drug-likeness (QED) is 0.849. The van der Waals surface area contributed by atoms with Crippen LogP contribution in [0.25, 0.3) is 0 Å². The summed E-state index contributed by atoms with van der Waals surface area (Å²) in [6.07, 6.45) is 0.980. The number of halogens is 2. The third kappa shape index (κ3) is 3.54. The van der Waals surface area contributed by atoms with E-state index in [9.17, 15) is 9.18 Å². The summed E-state index contributed by atoms with van der Waals surface area (Å²) in [5.74, 6) is -0.149. The Bertz CT molecular complexity index is 461. The van der Waals surface area contributed by atoms with Crippen LogP contribution in [-0.2, 0) is 4.74 Å². The van der Waals surface area contributed by atoms with E-state index in [-0.39, 0.29) is 5.91 Å². The van der Waals surface area contributed by atoms with Gasteiger partial charge in [-0.3, -0.25) is 4.79 Å². The maximum atomic E-state index is 13.3. The zero-order valence-electron chi connectivity index (χ0n) is 10.9. The first-order valence-electron chi connectivity index (χ1n) is 6.44. The lowest BCUT2D eigenvalue weighted by Crippen LogP contribution is -2.35. The molecule has 1 unspecified atom stereocenters. The molecule has 0 bridgehead atoms. The van der Waals surface area contributed by atoms with Crippen LogP contribution in [0.15, 0.2) is 22.7 Å². The van der Waals surface area contributed by atoms with Crippen LogP contribution in [0.3, 0.4) is 0 Å². The maximum absolute atomic E-state index is 13.3. The summed E-state index contributed by atoms with van der Waals surface area (Å²) in [7, 11) is 0. The standard InChI is InChI=1S/C14H17BrFNO2/c1-2-17(8-10-5-6-19-9-10)14(18)12-7-11(16)3-4-13(12)15/h3-4,7,10H,2,5-6,8-9H2,1H3. The molecule has 0 aliphatic carbocycles. The molecular weight excluding hydrogens is 313 g/mol. The first-order valence-corrected chi connectivity index (χ1v) is 7.23. The van der Waals surface area contributed by atoms with Gasteiger partial charge in [-0.2, -0.15) is 0 Å². The SMILES string of the molecule is CCN(CC1CCOC1)C(=O)c1cc(F)ccc1Br. The molecule has 0 saturated carbocycles. The molecule has 104 valence electrons. The number of amides is 1. The van der Waals surface area contributed by atoms with Crippen LogP contribution in [0.2, 0.25) is 0 Å². The number of hydrogen-bond acceptors (Lipinski definition) is 2. The minimum absolute atomic E-state index is 0.138. The molecule has 0 aromatic heterocycles. The van der Waals surface area contributed by atoms with Crippen molar-refractivity contribution in [3.8, 4) is 0 Å². The van der Waals surface area contributed by atoms with Crippen LogP contribution in [0, 0.1) is 11.7 Å². The fraction of sp³-hybridized carbons (Fsp3) is 0.500. The van der Waals surface area contributed by atoms with Crippen LogP contribution in [0.5, 0.6) is 0 Å². The summed E-state index contributed by atoms with van der Waals surface area (Å²) in [6, 6.07) is 4.18. The molecule has 5 heteroatoms. The Morgan fingerprint density at radius 2 is 2.37 bits per heavy atom. The normalized spacial score (nSPS) is 18.6. The molecule has 3 nitrogen and oxygen atoms in total. The molecule has 1 saturated heterocycles. The Kier molecular flexibility index (Phi) is 4.93. The van der Waals surface area contributed by atoms with Crippen molar-refractivity contribution in [3.05, 3.63) is 34.1 Å². The van der Waals surface area contributed by atoms with Crippen molar-refractivity contribution >= 4 is 21.8 Å². The van der Waals surface area contributed by atoms with E-state index in [2.05, 4.69) is 15.9 Å². The van der Waals surface area contributed by atoms with Gasteiger partial charge in [0.2, 0.25) is 0 Å². The second kappa shape index (κ2) is 6.48. The molecule has 1 aliphatic heterocycles. The summed E-state index contributed by atoms with van der Waals surface area (Å²) >= 11 is 3.30. The molecule has 0 radical (unpaired) electrons. The number of carbonyl (C=O) groups excluding carboxylic acids is 1. The first kappa shape index (κ1) is 14.5. The molecule has 1 aromatic carbocycles. The van der Waals surface area contributed by atoms with E-state index < -0.39 is 5.82 Å². The van der Waals surface area contributed by atoms with Crippen LogP contribution in [-0.4, -0.2) is 37.1 Å². The number of nitrogens with zero attached hydrogens (tertiary/aromatic N) is 1. The van der Waals surface area contributed by atoms with Crippen molar-refractivity contribution in [2.75, 3.05) is 26.3 Å². The van der Waals surface area contributed by atoms with Crippen LogP contribution in [0.4, 0.5) is 4.39 Å². The van der Waals surface area contributed by atoms with Crippen molar-refractivity contribution in [1.29, 1.82) is 0 Å². The fourth-order valence-corrected chi connectivity index (χ4v) is 2.64. The van der Waals surface area contributed by atoms with Gasteiger partial charge in [0.25, 0.3) is 5.91 Å². The van der Waals surface area contributed by atoms with Gasteiger partial charge in [0.15, 0.2) is 0 Å². The lowest BCUT2D eigenvalue weighted by Gasteiger charge is -2.24. The van der Waals surface area contributed by atoms with Crippen molar-refractivity contribution < 1.29 is 13.9 Å². The van der Waals surface area contributed by atoms with Crippen LogP contribution >= 0.6 is 15.9 Å². The molecule has 2 rings (SSSR count). The predicted octanol–water partition coefficient (Wildman–Crippen LogP) is 3.09. The van der Waals surface area contributed by atoms with Gasteiger partial charge in [0.1, 0.15) is 5.82 Å². The second-order valence-electron chi connectivity index (χ2n) is 4.70. The van der Waals surface area contributed by atoms with Gasteiger partial charge in [-0.1, -0.05) is 0 Å². The first-order chi connectivity index (χ1) is 9.11. The maximum Gasteiger partial charge on any atom is 0.255 e. The largest absolute Gasteiger partial charge is 0.381 e. The molecular formula is C14H17BrFNO2. The van der Waals surface area contributed by atoms with E-state index in [0.29, 0.717) is 35.7 Å². The Hall–Kier alpha value is -0.940. The second-order valence-corrected chi connectivity index (χ2v) is 5.55. The van der Waals surface area contributed by atoms with Crippen molar-refractivity contribution in [3.63, 3.8) is 0 Å². The fourth-order valence-electron chi connectivity index (χ4n) is 2.23. The number of carbonyl (C=O) groups is 1. The van der Waals surface area contributed by atoms with E-state index in [1.807, 2.05) is 6.92 Å². The van der Waals surface area contributed by atoms with Gasteiger partial charge in [-0.15, -0.1) is 0 Å². The molecule has 1 aliphatic rings. The zero-order valence-corrected chi connectivity index (χ0v) is 12.5. The van der Waals surface area contributed by atoms with Gasteiger partial charge in [0, 0.05) is 30.1 Å². The minimum atomic E-state index is -0.396. The third-order valence-corrected chi connectivity index (χ3v) is 4.02. The van der Waals surface area contributed by atoms with Crippen LogP contribution < -0.4 is 0 Å². The smallest absolute Gasteiger partial charge is 0.255 e. The number of ether oxygens (including phenoxy) is 1. The summed E-state index contributed by atoms with van der Waals surface area (Å²) in [5, 5.41) is 0. The highest BCUT2D eigenvalue weighted by Crippen LogP contribution is 2.21. The Balaban J connectivity index is 2.12. The van der Waals surface area contributed by atoms with Crippen molar-refractivity contribution in [1.82, 2.24) is 4.90 Å². The van der Waals surface area contributed by atoms with E-state index >= 15 is 0 Å². The summed E-state index contributed by atoms with van der Waals surface area (Å²) in [5.41, 5.74) is 0.376. The number of benzene rings is 1. The molecule has 1 amide bonds. The third-order valence-electron chi connectivity index (χ3n) is 3.33. The summed E-state index contributed by atoms with van der Waals surface area (Å²) < 4.78 is 19.2. The predicted molar refractivity (Wildman–Crippen MR) is 74.6 cm³/mol. The Morgan fingerprint density at radius 1 is 1.58 bits per heavy atom. The molecule has 1 atom stereocenters. The lowest BCUT2D eigenvalue weighted by atomic mass is 10.1. The zero-order chi connectivity index (χ0) is 13.8. The number of hydrogen-bond donors (Lipinski definition) is 0. The van der Waals surface area contributed by atoms with Gasteiger partial charge in [0.05, 0.1) is 12.2 Å². The molecule has 1 aromatic rings. The van der Waals surface area contributed by atoms with Gasteiger partial charge in [-0.25, -0.2) is 4.39 Å². The molecule has 1 fully saturated rings. The Labute approximate surface area is 120 Å². The minimum Gasteiger partial charge on any atom is -0.381 e.